The Bertz CT molecular complexity index is 935. The van der Waals surface area contributed by atoms with Crippen molar-refractivity contribution in [1.82, 2.24) is 5.43 Å². The highest BCUT2D eigenvalue weighted by Gasteiger charge is 2.23. The maximum absolute atomic E-state index is 14.0. The lowest BCUT2D eigenvalue weighted by Gasteiger charge is -2.17. The van der Waals surface area contributed by atoms with Crippen LogP contribution in [0.25, 0.3) is 0 Å². The molecule has 140 valence electrons. The van der Waals surface area contributed by atoms with Crippen LogP contribution in [0.3, 0.4) is 0 Å². The van der Waals surface area contributed by atoms with Crippen molar-refractivity contribution in [3.8, 4) is 0 Å². The number of hydrogen-bond donors (Lipinski definition) is 2. The fraction of sp³-hybridized carbons (Fsp3) is 0.176. The minimum atomic E-state index is -1.02. The van der Waals surface area contributed by atoms with Crippen LogP contribution in [0.15, 0.2) is 36.4 Å². The van der Waals surface area contributed by atoms with Gasteiger partial charge in [-0.25, -0.2) is 4.39 Å². The molecule has 1 saturated heterocycles. The Morgan fingerprint density at radius 3 is 2.56 bits per heavy atom. The molecule has 2 aromatic rings. The number of nitro benzene ring substituents is 1. The van der Waals surface area contributed by atoms with Crippen LogP contribution in [0.2, 0.25) is 0 Å². The van der Waals surface area contributed by atoms with E-state index in [1.54, 1.807) is 0 Å². The fourth-order valence-corrected chi connectivity index (χ4v) is 2.70. The molecule has 27 heavy (non-hydrogen) atoms. The number of benzene rings is 2. The number of nitro groups is 1. The topological polar surface area (TPSA) is 105 Å². The predicted molar refractivity (Wildman–Crippen MR) is 92.1 cm³/mol. The Morgan fingerprint density at radius 1 is 1.15 bits per heavy atom. The average molecular weight is 376 g/mol. The first-order valence-corrected chi connectivity index (χ1v) is 7.97. The Morgan fingerprint density at radius 2 is 1.89 bits per heavy atom. The van der Waals surface area contributed by atoms with Gasteiger partial charge in [0.05, 0.1) is 16.2 Å². The van der Waals surface area contributed by atoms with Gasteiger partial charge in [-0.2, -0.15) is 4.39 Å². The van der Waals surface area contributed by atoms with Gasteiger partial charge in [0, 0.05) is 24.7 Å². The summed E-state index contributed by atoms with van der Waals surface area (Å²) in [6.07, 6.45) is 1.08. The van der Waals surface area contributed by atoms with Crippen molar-refractivity contribution in [2.45, 2.75) is 12.8 Å². The lowest BCUT2D eigenvalue weighted by Crippen LogP contribution is -2.31. The van der Waals surface area contributed by atoms with Gasteiger partial charge in [0.15, 0.2) is 0 Å². The molecule has 0 spiro atoms. The van der Waals surface area contributed by atoms with Crippen molar-refractivity contribution in [2.75, 3.05) is 16.9 Å². The maximum atomic E-state index is 14.0. The number of carbonyl (C=O) groups excluding carboxylic acids is 2. The average Bonchev–Trinajstić information content (AvgIpc) is 3.07. The van der Waals surface area contributed by atoms with Crippen LogP contribution >= 0.6 is 0 Å². The molecule has 0 aromatic heterocycles. The van der Waals surface area contributed by atoms with E-state index >= 15 is 0 Å². The smallest absolute Gasteiger partial charge is 0.306 e. The summed E-state index contributed by atoms with van der Waals surface area (Å²) >= 11 is 0. The van der Waals surface area contributed by atoms with Gasteiger partial charge in [-0.15, -0.1) is 0 Å². The zero-order valence-corrected chi connectivity index (χ0v) is 13.9. The SMILES string of the molecule is O=C(NNc1ccc(F)c([N+](=O)[O-])c1)c1cc(N2CCCC2=O)ccc1F. The molecule has 2 amide bonds. The quantitative estimate of drug-likeness (QED) is 0.617. The normalized spacial score (nSPS) is 13.6. The highest BCUT2D eigenvalue weighted by Crippen LogP contribution is 2.24. The first-order valence-electron chi connectivity index (χ1n) is 7.97. The second-order valence-electron chi connectivity index (χ2n) is 5.82. The molecule has 2 aromatic carbocycles. The molecule has 0 aliphatic carbocycles. The molecule has 1 heterocycles. The lowest BCUT2D eigenvalue weighted by atomic mass is 10.1. The summed E-state index contributed by atoms with van der Waals surface area (Å²) in [6.45, 7) is 0.489. The van der Waals surface area contributed by atoms with E-state index in [9.17, 15) is 28.5 Å². The predicted octanol–water partition coefficient (Wildman–Crippen LogP) is 2.76. The summed E-state index contributed by atoms with van der Waals surface area (Å²) in [5.41, 5.74) is 3.94. The summed E-state index contributed by atoms with van der Waals surface area (Å²) in [5, 5.41) is 10.7. The van der Waals surface area contributed by atoms with Gasteiger partial charge in [-0.05, 0) is 36.8 Å². The van der Waals surface area contributed by atoms with Gasteiger partial charge in [0.25, 0.3) is 5.91 Å². The third-order valence-corrected chi connectivity index (χ3v) is 4.04. The van der Waals surface area contributed by atoms with Crippen LogP contribution in [0.1, 0.15) is 23.2 Å². The number of nitrogens with zero attached hydrogens (tertiary/aromatic N) is 2. The highest BCUT2D eigenvalue weighted by atomic mass is 19.1. The van der Waals surface area contributed by atoms with Gasteiger partial charge in [0.2, 0.25) is 11.7 Å². The number of hydrazine groups is 1. The van der Waals surface area contributed by atoms with Crippen LogP contribution in [0.5, 0.6) is 0 Å². The van der Waals surface area contributed by atoms with Crippen molar-refractivity contribution in [1.29, 1.82) is 0 Å². The van der Waals surface area contributed by atoms with Gasteiger partial charge < -0.3 is 4.90 Å². The molecule has 1 aliphatic rings. The van der Waals surface area contributed by atoms with E-state index in [0.29, 0.717) is 25.1 Å². The van der Waals surface area contributed by atoms with Crippen molar-refractivity contribution in [2.24, 2.45) is 0 Å². The highest BCUT2D eigenvalue weighted by molar-refractivity contribution is 5.99. The van der Waals surface area contributed by atoms with Crippen molar-refractivity contribution >= 4 is 28.9 Å². The molecule has 1 aliphatic heterocycles. The molecule has 0 atom stereocenters. The van der Waals surface area contributed by atoms with Crippen LogP contribution in [-0.4, -0.2) is 23.3 Å². The zero-order valence-electron chi connectivity index (χ0n) is 13.9. The molecule has 10 heteroatoms. The first kappa shape index (κ1) is 18.2. The van der Waals surface area contributed by atoms with Crippen molar-refractivity contribution in [3.05, 3.63) is 63.7 Å². The molecule has 8 nitrogen and oxygen atoms in total. The first-order chi connectivity index (χ1) is 12.9. The fourth-order valence-electron chi connectivity index (χ4n) is 2.70. The number of nitrogens with one attached hydrogen (secondary N) is 2. The molecule has 0 unspecified atom stereocenters. The zero-order chi connectivity index (χ0) is 19.6. The van der Waals surface area contributed by atoms with Crippen LogP contribution in [-0.2, 0) is 4.79 Å². The van der Waals surface area contributed by atoms with E-state index in [1.165, 1.54) is 23.1 Å². The third-order valence-electron chi connectivity index (χ3n) is 4.04. The number of hydrogen-bond acceptors (Lipinski definition) is 5. The minimum absolute atomic E-state index is 0.0442. The summed E-state index contributed by atoms with van der Waals surface area (Å²) in [4.78, 5) is 35.3. The second kappa shape index (κ2) is 7.36. The van der Waals surface area contributed by atoms with Crippen LogP contribution < -0.4 is 15.8 Å². The van der Waals surface area contributed by atoms with E-state index in [0.717, 1.165) is 18.2 Å². The van der Waals surface area contributed by atoms with Crippen molar-refractivity contribution in [3.63, 3.8) is 0 Å². The Kier molecular flexibility index (Phi) is 4.97. The van der Waals surface area contributed by atoms with E-state index in [2.05, 4.69) is 10.9 Å². The van der Waals surface area contributed by atoms with Gasteiger partial charge >= 0.3 is 5.69 Å². The third kappa shape index (κ3) is 3.84. The monoisotopic (exact) mass is 376 g/mol. The summed E-state index contributed by atoms with van der Waals surface area (Å²) < 4.78 is 27.3. The molecule has 0 saturated carbocycles. The second-order valence-corrected chi connectivity index (χ2v) is 5.82. The minimum Gasteiger partial charge on any atom is -0.312 e. The summed E-state index contributed by atoms with van der Waals surface area (Å²) in [6, 6.07) is 6.68. The number of amides is 2. The molecule has 0 radical (unpaired) electrons. The molecule has 1 fully saturated rings. The van der Waals surface area contributed by atoms with Gasteiger partial charge in [-0.1, -0.05) is 0 Å². The number of rotatable bonds is 5. The van der Waals surface area contributed by atoms with E-state index in [-0.39, 0.29) is 17.2 Å². The van der Waals surface area contributed by atoms with Crippen LogP contribution in [0.4, 0.5) is 25.8 Å². The number of carbonyl (C=O) groups is 2. The van der Waals surface area contributed by atoms with E-state index in [1.807, 2.05) is 0 Å². The molecule has 3 rings (SSSR count). The molecule has 2 N–H and O–H groups in total. The Balaban J connectivity index is 1.75. The maximum Gasteiger partial charge on any atom is 0.306 e. The van der Waals surface area contributed by atoms with Gasteiger partial charge in [0.1, 0.15) is 5.82 Å². The largest absolute Gasteiger partial charge is 0.312 e. The van der Waals surface area contributed by atoms with Crippen LogP contribution in [0, 0.1) is 21.7 Å². The summed E-state index contributed by atoms with van der Waals surface area (Å²) in [5.74, 6) is -2.78. The molecular weight excluding hydrogens is 362 g/mol. The molecule has 0 bridgehead atoms. The summed E-state index contributed by atoms with van der Waals surface area (Å²) in [7, 11) is 0. The lowest BCUT2D eigenvalue weighted by molar-refractivity contribution is -0.387. The standard InChI is InChI=1S/C17H14F2N4O4/c18-13-6-4-11(22-7-1-2-16(22)24)9-12(13)17(25)21-20-10-3-5-14(19)15(8-10)23(26)27/h3-6,8-9,20H,1-2,7H2,(H,21,25). The van der Waals surface area contributed by atoms with E-state index in [4.69, 9.17) is 0 Å². The number of anilines is 2. The Hall–Kier alpha value is -3.56. The van der Waals surface area contributed by atoms with Crippen molar-refractivity contribution < 1.29 is 23.3 Å². The number of halogens is 2. The van der Waals surface area contributed by atoms with Gasteiger partial charge in [-0.3, -0.25) is 30.6 Å². The van der Waals surface area contributed by atoms with E-state index < -0.39 is 28.2 Å². The molecular formula is C17H14F2N4O4. The Labute approximate surface area is 151 Å².